The number of carbonyl (C=O) groups is 2. The Morgan fingerprint density at radius 3 is 2.56 bits per heavy atom. The molecule has 1 unspecified atom stereocenters. The maximum atomic E-state index is 12.5. The summed E-state index contributed by atoms with van der Waals surface area (Å²) in [6.45, 7) is -0.115. The van der Waals surface area contributed by atoms with Crippen LogP contribution in [0.15, 0.2) is 72.8 Å². The van der Waals surface area contributed by atoms with Gasteiger partial charge in [0.2, 0.25) is 0 Å². The zero-order chi connectivity index (χ0) is 23.9. The standard InChI is InChI=1S/C26H22N2O6/c27-15-19-10-11-23(32-17-24(29)30)22(14-19)25-21-9-5-4-8-20(21)12-13-28(25)34-26(31)33-16-18-6-2-1-3-7-18/h1-11,14,25H,12-13,16-17H2,(H,29,30). The minimum atomic E-state index is -1.13. The number of aliphatic carboxylic acids is 1. The number of fused-ring (bicyclic) bond motifs is 1. The molecule has 172 valence electrons. The van der Waals surface area contributed by atoms with Gasteiger partial charge < -0.3 is 19.4 Å². The summed E-state index contributed by atoms with van der Waals surface area (Å²) in [5, 5.41) is 20.0. The number of ether oxygens (including phenoxy) is 2. The van der Waals surface area contributed by atoms with Crippen molar-refractivity contribution >= 4 is 12.1 Å². The number of hydrogen-bond donors (Lipinski definition) is 1. The molecule has 4 rings (SSSR count). The first-order chi connectivity index (χ1) is 16.5. The fourth-order valence-electron chi connectivity index (χ4n) is 3.91. The van der Waals surface area contributed by atoms with Gasteiger partial charge in [0, 0.05) is 12.1 Å². The second-order valence-corrected chi connectivity index (χ2v) is 7.65. The van der Waals surface area contributed by atoms with Crippen LogP contribution in [0.25, 0.3) is 0 Å². The molecule has 0 radical (unpaired) electrons. The highest BCUT2D eigenvalue weighted by atomic mass is 16.8. The summed E-state index contributed by atoms with van der Waals surface area (Å²) in [7, 11) is 0. The molecule has 0 bridgehead atoms. The molecule has 0 saturated carbocycles. The molecular weight excluding hydrogens is 436 g/mol. The van der Waals surface area contributed by atoms with E-state index < -0.39 is 24.8 Å². The normalized spacial score (nSPS) is 15.0. The maximum Gasteiger partial charge on any atom is 0.528 e. The summed E-state index contributed by atoms with van der Waals surface area (Å²) in [5.41, 5.74) is 3.62. The number of benzene rings is 3. The second-order valence-electron chi connectivity index (χ2n) is 7.65. The van der Waals surface area contributed by atoms with Crippen LogP contribution in [0.4, 0.5) is 4.79 Å². The SMILES string of the molecule is N#Cc1ccc(OCC(=O)O)c(C2c3ccccc3CCN2OC(=O)OCc2ccccc2)c1. The summed E-state index contributed by atoms with van der Waals surface area (Å²) < 4.78 is 10.8. The Hall–Kier alpha value is -4.35. The molecule has 0 fully saturated rings. The van der Waals surface area contributed by atoms with Gasteiger partial charge in [-0.3, -0.25) is 0 Å². The zero-order valence-electron chi connectivity index (χ0n) is 18.2. The molecule has 1 aliphatic rings. The van der Waals surface area contributed by atoms with E-state index in [1.807, 2.05) is 54.6 Å². The largest absolute Gasteiger partial charge is 0.528 e. The molecule has 3 aromatic carbocycles. The molecule has 0 spiro atoms. The number of carbonyl (C=O) groups excluding carboxylic acids is 1. The lowest BCUT2D eigenvalue weighted by Crippen LogP contribution is -2.38. The van der Waals surface area contributed by atoms with Crippen LogP contribution in [-0.2, 0) is 27.4 Å². The van der Waals surface area contributed by atoms with E-state index >= 15 is 0 Å². The second kappa shape index (κ2) is 10.5. The fraction of sp³-hybridized carbons (Fsp3) is 0.192. The van der Waals surface area contributed by atoms with Crippen molar-refractivity contribution in [1.29, 1.82) is 5.26 Å². The Balaban J connectivity index is 1.65. The Morgan fingerprint density at radius 2 is 1.79 bits per heavy atom. The molecule has 8 heteroatoms. The lowest BCUT2D eigenvalue weighted by Gasteiger charge is -2.36. The number of hydrogen-bond acceptors (Lipinski definition) is 7. The van der Waals surface area contributed by atoms with Crippen LogP contribution in [0.5, 0.6) is 5.75 Å². The zero-order valence-corrected chi connectivity index (χ0v) is 18.2. The van der Waals surface area contributed by atoms with Gasteiger partial charge in [-0.1, -0.05) is 54.6 Å². The predicted molar refractivity (Wildman–Crippen MR) is 121 cm³/mol. The van der Waals surface area contributed by atoms with Gasteiger partial charge in [-0.05, 0) is 41.3 Å². The van der Waals surface area contributed by atoms with E-state index in [4.69, 9.17) is 19.4 Å². The topological polar surface area (TPSA) is 109 Å². The molecule has 8 nitrogen and oxygen atoms in total. The summed E-state index contributed by atoms with van der Waals surface area (Å²) in [5.74, 6) is -0.841. The number of nitriles is 1. The van der Waals surface area contributed by atoms with Gasteiger partial charge in [-0.25, -0.2) is 9.59 Å². The minimum Gasteiger partial charge on any atom is -0.482 e. The first kappa shape index (κ1) is 22.8. The van der Waals surface area contributed by atoms with Gasteiger partial charge in [0.05, 0.1) is 17.7 Å². The van der Waals surface area contributed by atoms with E-state index in [1.54, 1.807) is 18.2 Å². The maximum absolute atomic E-state index is 12.5. The van der Waals surface area contributed by atoms with Gasteiger partial charge in [0.1, 0.15) is 12.4 Å². The highest BCUT2D eigenvalue weighted by molar-refractivity contribution is 5.68. The van der Waals surface area contributed by atoms with Crippen molar-refractivity contribution in [2.75, 3.05) is 13.2 Å². The molecule has 1 atom stereocenters. The van der Waals surface area contributed by atoms with Crippen molar-refractivity contribution in [3.63, 3.8) is 0 Å². The third-order valence-corrected chi connectivity index (χ3v) is 5.42. The summed E-state index contributed by atoms with van der Waals surface area (Å²) in [6, 6.07) is 23.1. The number of carboxylic acids is 1. The molecular formula is C26H22N2O6. The van der Waals surface area contributed by atoms with Crippen LogP contribution in [-0.4, -0.2) is 35.4 Å². The van der Waals surface area contributed by atoms with Gasteiger partial charge in [0.25, 0.3) is 0 Å². The van der Waals surface area contributed by atoms with Crippen LogP contribution in [0.2, 0.25) is 0 Å². The van der Waals surface area contributed by atoms with Crippen molar-refractivity contribution in [3.8, 4) is 11.8 Å². The van der Waals surface area contributed by atoms with Gasteiger partial charge >= 0.3 is 12.1 Å². The molecule has 1 aliphatic heterocycles. The lowest BCUT2D eigenvalue weighted by molar-refractivity contribution is -0.152. The third-order valence-electron chi connectivity index (χ3n) is 5.42. The molecule has 0 amide bonds. The predicted octanol–water partition coefficient (Wildman–Crippen LogP) is 4.24. The van der Waals surface area contributed by atoms with Gasteiger partial charge in [-0.15, -0.1) is 5.06 Å². The van der Waals surface area contributed by atoms with Gasteiger partial charge in [0.15, 0.2) is 6.61 Å². The average molecular weight is 458 g/mol. The van der Waals surface area contributed by atoms with E-state index in [0.717, 1.165) is 16.7 Å². The van der Waals surface area contributed by atoms with Crippen LogP contribution >= 0.6 is 0 Å². The highest BCUT2D eigenvalue weighted by Crippen LogP contribution is 2.40. The fourth-order valence-corrected chi connectivity index (χ4v) is 3.91. The monoisotopic (exact) mass is 458 g/mol. The summed E-state index contributed by atoms with van der Waals surface area (Å²) in [6.07, 6.45) is -0.236. The van der Waals surface area contributed by atoms with Crippen LogP contribution in [0.1, 0.15) is 33.9 Å². The first-order valence-electron chi connectivity index (χ1n) is 10.7. The van der Waals surface area contributed by atoms with Crippen molar-refractivity contribution in [2.45, 2.75) is 19.1 Å². The van der Waals surface area contributed by atoms with Crippen molar-refractivity contribution in [2.24, 2.45) is 0 Å². The van der Waals surface area contributed by atoms with E-state index in [9.17, 15) is 14.9 Å². The van der Waals surface area contributed by atoms with E-state index in [1.165, 1.54) is 5.06 Å². The number of nitrogens with zero attached hydrogens (tertiary/aromatic N) is 2. The minimum absolute atomic E-state index is 0.0612. The van der Waals surface area contributed by atoms with Crippen molar-refractivity contribution in [1.82, 2.24) is 5.06 Å². The summed E-state index contributed by atoms with van der Waals surface area (Å²) in [4.78, 5) is 29.3. The first-order valence-corrected chi connectivity index (χ1v) is 10.7. The van der Waals surface area contributed by atoms with Crippen LogP contribution < -0.4 is 4.74 Å². The number of carboxylic acid groups (broad SMARTS) is 1. The molecule has 0 aliphatic carbocycles. The number of hydroxylamine groups is 2. The average Bonchev–Trinajstić information content (AvgIpc) is 2.86. The van der Waals surface area contributed by atoms with Crippen LogP contribution in [0.3, 0.4) is 0 Å². The quantitative estimate of drug-likeness (QED) is 0.524. The highest BCUT2D eigenvalue weighted by Gasteiger charge is 2.34. The molecule has 1 heterocycles. The van der Waals surface area contributed by atoms with Crippen LogP contribution in [0, 0.1) is 11.3 Å². The Labute approximate surface area is 196 Å². The lowest BCUT2D eigenvalue weighted by atomic mass is 9.88. The van der Waals surface area contributed by atoms with E-state index in [-0.39, 0.29) is 12.4 Å². The Bertz CT molecular complexity index is 1220. The van der Waals surface area contributed by atoms with Gasteiger partial charge in [-0.2, -0.15) is 5.26 Å². The Morgan fingerprint density at radius 1 is 1.03 bits per heavy atom. The molecule has 1 N–H and O–H groups in total. The third kappa shape index (κ3) is 5.34. The molecule has 34 heavy (non-hydrogen) atoms. The Kier molecular flexibility index (Phi) is 7.06. The molecule has 0 saturated heterocycles. The molecule has 3 aromatic rings. The van der Waals surface area contributed by atoms with E-state index in [2.05, 4.69) is 6.07 Å². The van der Waals surface area contributed by atoms with Crippen molar-refractivity contribution in [3.05, 3.63) is 101 Å². The van der Waals surface area contributed by atoms with Crippen molar-refractivity contribution < 1.29 is 29.0 Å². The summed E-state index contributed by atoms with van der Waals surface area (Å²) >= 11 is 0. The van der Waals surface area contributed by atoms with E-state index in [0.29, 0.717) is 24.1 Å². The smallest absolute Gasteiger partial charge is 0.482 e. The molecule has 0 aromatic heterocycles. The number of rotatable bonds is 7.